The molecule has 5 nitrogen and oxygen atoms in total. The molecule has 0 heterocycles. The van der Waals surface area contributed by atoms with E-state index in [1.807, 2.05) is 0 Å². The van der Waals surface area contributed by atoms with E-state index in [2.05, 4.69) is 0 Å². The summed E-state index contributed by atoms with van der Waals surface area (Å²) in [6.07, 6.45) is 0.835. The molecule has 0 aromatic heterocycles. The molecule has 0 unspecified atom stereocenters. The van der Waals surface area contributed by atoms with Gasteiger partial charge < -0.3 is 5.11 Å². The quantitative estimate of drug-likeness (QED) is 0.593. The van der Waals surface area contributed by atoms with Crippen LogP contribution in [0.5, 0.6) is 0 Å². The number of aliphatic hydroxyl groups is 1. The first-order valence-electron chi connectivity index (χ1n) is 2.76. The largest absolute Gasteiger partial charge is 0.395 e. The molecule has 0 aliphatic rings. The first-order valence-corrected chi connectivity index (χ1v) is 6.64. The lowest BCUT2D eigenvalue weighted by atomic mass is 10.9. The van der Waals surface area contributed by atoms with Crippen molar-refractivity contribution in [2.75, 3.05) is 23.7 Å². The van der Waals surface area contributed by atoms with Gasteiger partial charge in [-0.15, -0.1) is 0 Å². The molecular formula is C4H10O5S2. The van der Waals surface area contributed by atoms with E-state index in [0.29, 0.717) is 0 Å². The molecule has 0 saturated carbocycles. The molecule has 1 N–H and O–H groups in total. The molecule has 7 heteroatoms. The monoisotopic (exact) mass is 202 g/mol. The zero-order valence-electron chi connectivity index (χ0n) is 6.02. The molecule has 0 amide bonds. The van der Waals surface area contributed by atoms with Gasteiger partial charge in [0, 0.05) is 6.26 Å². The third-order valence-corrected chi connectivity index (χ3v) is 4.75. The molecule has 68 valence electrons. The molecule has 0 radical (unpaired) electrons. The highest BCUT2D eigenvalue weighted by Gasteiger charge is 2.16. The van der Waals surface area contributed by atoms with Crippen LogP contribution in [0, 0.1) is 0 Å². The third kappa shape index (κ3) is 6.27. The van der Waals surface area contributed by atoms with Gasteiger partial charge in [0.2, 0.25) is 0 Å². The van der Waals surface area contributed by atoms with Crippen LogP contribution in [0.2, 0.25) is 0 Å². The van der Waals surface area contributed by atoms with Crippen molar-refractivity contribution in [3.63, 3.8) is 0 Å². The van der Waals surface area contributed by atoms with Crippen LogP contribution in [0.3, 0.4) is 0 Å². The molecule has 0 aromatic rings. The number of hydrogen-bond acceptors (Lipinski definition) is 5. The van der Waals surface area contributed by atoms with Gasteiger partial charge in [-0.05, 0) is 0 Å². The summed E-state index contributed by atoms with van der Waals surface area (Å²) in [5.41, 5.74) is 0. The maximum atomic E-state index is 10.7. The third-order valence-electron chi connectivity index (χ3n) is 0.796. The van der Waals surface area contributed by atoms with E-state index >= 15 is 0 Å². The standard InChI is InChI=1S/C4H10O5S2/c1-10(6,7)4-11(8,9)3-2-5/h5H,2-4H2,1H3. The fraction of sp³-hybridized carbons (Fsp3) is 1.00. The van der Waals surface area contributed by atoms with E-state index in [4.69, 9.17) is 5.11 Å². The van der Waals surface area contributed by atoms with Gasteiger partial charge in [-0.1, -0.05) is 0 Å². The second-order valence-electron chi connectivity index (χ2n) is 2.21. The number of aliphatic hydroxyl groups excluding tert-OH is 1. The van der Waals surface area contributed by atoms with Crippen LogP contribution >= 0.6 is 0 Å². The predicted molar refractivity (Wildman–Crippen MR) is 40.6 cm³/mol. The van der Waals surface area contributed by atoms with E-state index < -0.39 is 37.1 Å². The smallest absolute Gasteiger partial charge is 0.166 e. The molecule has 0 aliphatic heterocycles. The van der Waals surface area contributed by atoms with E-state index in [1.54, 1.807) is 0 Å². The molecule has 0 rings (SSSR count). The topological polar surface area (TPSA) is 88.5 Å². The molecule has 0 saturated heterocycles. The average molecular weight is 202 g/mol. The van der Waals surface area contributed by atoms with Gasteiger partial charge in [-0.3, -0.25) is 0 Å². The number of sulfone groups is 2. The summed E-state index contributed by atoms with van der Waals surface area (Å²) in [6.45, 7) is -0.544. The summed E-state index contributed by atoms with van der Waals surface area (Å²) < 4.78 is 42.3. The summed E-state index contributed by atoms with van der Waals surface area (Å²) in [4.78, 5) is 0. The maximum absolute atomic E-state index is 10.7. The van der Waals surface area contributed by atoms with Crippen molar-refractivity contribution in [2.24, 2.45) is 0 Å². The van der Waals surface area contributed by atoms with Crippen LogP contribution in [-0.2, 0) is 19.7 Å². The Kier molecular flexibility index (Phi) is 3.46. The molecule has 0 aromatic carbocycles. The SMILES string of the molecule is CS(=O)(=O)CS(=O)(=O)CCO. The fourth-order valence-corrected chi connectivity index (χ4v) is 3.88. The lowest BCUT2D eigenvalue weighted by Crippen LogP contribution is -2.19. The van der Waals surface area contributed by atoms with Crippen molar-refractivity contribution in [3.05, 3.63) is 0 Å². The lowest BCUT2D eigenvalue weighted by Gasteiger charge is -1.98. The van der Waals surface area contributed by atoms with Crippen molar-refractivity contribution in [3.8, 4) is 0 Å². The molecule has 0 aliphatic carbocycles. The Bertz CT molecular complexity index is 297. The number of rotatable bonds is 4. The van der Waals surface area contributed by atoms with E-state index in [1.165, 1.54) is 0 Å². The predicted octanol–water partition coefficient (Wildman–Crippen LogP) is -1.60. The molecule has 0 fully saturated rings. The van der Waals surface area contributed by atoms with Crippen LogP contribution < -0.4 is 0 Å². The summed E-state index contributed by atoms with van der Waals surface area (Å²) in [5, 5.41) is 7.34. The molecule has 0 atom stereocenters. The van der Waals surface area contributed by atoms with E-state index in [0.717, 1.165) is 6.26 Å². The molecule has 0 bridgehead atoms. The fourth-order valence-electron chi connectivity index (χ4n) is 0.524. The minimum Gasteiger partial charge on any atom is -0.395 e. The Balaban J connectivity index is 4.40. The summed E-state index contributed by atoms with van der Waals surface area (Å²) in [5.74, 6) is -0.500. The van der Waals surface area contributed by atoms with Gasteiger partial charge in [0.25, 0.3) is 0 Å². The zero-order chi connectivity index (χ0) is 9.12. The van der Waals surface area contributed by atoms with E-state index in [9.17, 15) is 16.8 Å². The summed E-state index contributed by atoms with van der Waals surface area (Å²) in [6, 6.07) is 0. The number of hydrogen-bond donors (Lipinski definition) is 1. The minimum absolute atomic E-state index is 0.500. The maximum Gasteiger partial charge on any atom is 0.166 e. The van der Waals surface area contributed by atoms with Crippen molar-refractivity contribution < 1.29 is 21.9 Å². The molecular weight excluding hydrogens is 192 g/mol. The van der Waals surface area contributed by atoms with Gasteiger partial charge in [-0.25, -0.2) is 16.8 Å². The highest BCUT2D eigenvalue weighted by atomic mass is 32.3. The lowest BCUT2D eigenvalue weighted by molar-refractivity contribution is 0.320. The first kappa shape index (κ1) is 10.9. The Morgan fingerprint density at radius 2 is 1.64 bits per heavy atom. The highest BCUT2D eigenvalue weighted by molar-refractivity contribution is 8.07. The minimum atomic E-state index is -3.63. The van der Waals surface area contributed by atoms with E-state index in [-0.39, 0.29) is 0 Å². The molecule has 0 spiro atoms. The summed E-state index contributed by atoms with van der Waals surface area (Å²) >= 11 is 0. The summed E-state index contributed by atoms with van der Waals surface area (Å²) in [7, 11) is -7.13. The van der Waals surface area contributed by atoms with Crippen molar-refractivity contribution in [1.82, 2.24) is 0 Å². The van der Waals surface area contributed by atoms with Crippen LogP contribution in [0.25, 0.3) is 0 Å². The zero-order valence-corrected chi connectivity index (χ0v) is 7.65. The van der Waals surface area contributed by atoms with Crippen molar-refractivity contribution in [1.29, 1.82) is 0 Å². The van der Waals surface area contributed by atoms with Gasteiger partial charge in [0.15, 0.2) is 24.8 Å². The Morgan fingerprint density at radius 3 is 1.91 bits per heavy atom. The second-order valence-corrected chi connectivity index (χ2v) is 6.90. The average Bonchev–Trinajstić information content (AvgIpc) is 1.55. The van der Waals surface area contributed by atoms with Crippen LogP contribution in [0.15, 0.2) is 0 Å². The second kappa shape index (κ2) is 3.51. The Morgan fingerprint density at radius 1 is 1.18 bits per heavy atom. The van der Waals surface area contributed by atoms with Crippen molar-refractivity contribution in [2.45, 2.75) is 0 Å². The van der Waals surface area contributed by atoms with Crippen LogP contribution in [-0.4, -0.2) is 45.6 Å². The first-order chi connectivity index (χ1) is 4.77. The Hall–Kier alpha value is -0.140. The normalized spacial score (nSPS) is 13.3. The molecule has 11 heavy (non-hydrogen) atoms. The van der Waals surface area contributed by atoms with Crippen LogP contribution in [0.4, 0.5) is 0 Å². The van der Waals surface area contributed by atoms with Gasteiger partial charge in [-0.2, -0.15) is 0 Å². The van der Waals surface area contributed by atoms with Crippen LogP contribution in [0.1, 0.15) is 0 Å². The van der Waals surface area contributed by atoms with Gasteiger partial charge >= 0.3 is 0 Å². The van der Waals surface area contributed by atoms with Gasteiger partial charge in [0.05, 0.1) is 12.4 Å². The Labute approximate surface area is 65.9 Å². The van der Waals surface area contributed by atoms with Crippen molar-refractivity contribution >= 4 is 19.7 Å². The highest BCUT2D eigenvalue weighted by Crippen LogP contribution is 1.94. The van der Waals surface area contributed by atoms with Gasteiger partial charge in [0.1, 0.15) is 0 Å².